The van der Waals surface area contributed by atoms with E-state index in [4.69, 9.17) is 11.6 Å². The average Bonchev–Trinajstić information content (AvgIpc) is 2.35. The smallest absolute Gasteiger partial charge is 0.341 e. The number of ether oxygens (including phenoxy) is 1. The molecule has 5 heteroatoms. The molecule has 0 aliphatic heterocycles. The SMILES string of the molecule is COC(=O)c1cc2c(C)c(Br)c(C)cc2nc1Cl. The molecule has 0 N–H and O–H groups in total. The molecule has 0 spiro atoms. The third kappa shape index (κ3) is 2.10. The first-order valence-electron chi connectivity index (χ1n) is 5.30. The lowest BCUT2D eigenvalue weighted by molar-refractivity contribution is 0.0600. The van der Waals surface area contributed by atoms with E-state index in [9.17, 15) is 4.79 Å². The van der Waals surface area contributed by atoms with Crippen LogP contribution in [-0.2, 0) is 4.74 Å². The van der Waals surface area contributed by atoms with E-state index in [-0.39, 0.29) is 10.7 Å². The van der Waals surface area contributed by atoms with Crippen molar-refractivity contribution in [2.24, 2.45) is 0 Å². The Kier molecular flexibility index (Phi) is 3.59. The lowest BCUT2D eigenvalue weighted by Crippen LogP contribution is -2.04. The predicted molar refractivity (Wildman–Crippen MR) is 75.3 cm³/mol. The molecule has 0 saturated carbocycles. The second kappa shape index (κ2) is 4.86. The van der Waals surface area contributed by atoms with Gasteiger partial charge < -0.3 is 4.74 Å². The maximum atomic E-state index is 11.6. The minimum absolute atomic E-state index is 0.162. The number of methoxy groups -OCH3 is 1. The Balaban J connectivity index is 2.82. The molecule has 1 aromatic carbocycles. The maximum absolute atomic E-state index is 11.6. The summed E-state index contributed by atoms with van der Waals surface area (Å²) in [6.45, 7) is 3.95. The Morgan fingerprint density at radius 2 is 2.06 bits per heavy atom. The quantitative estimate of drug-likeness (QED) is 0.585. The second-order valence-electron chi connectivity index (χ2n) is 4.02. The number of pyridine rings is 1. The van der Waals surface area contributed by atoms with Gasteiger partial charge in [-0.3, -0.25) is 0 Å². The largest absolute Gasteiger partial charge is 0.465 e. The van der Waals surface area contributed by atoms with Crippen molar-refractivity contribution in [3.05, 3.63) is 38.4 Å². The Morgan fingerprint density at radius 3 is 2.67 bits per heavy atom. The molecule has 0 aliphatic carbocycles. The van der Waals surface area contributed by atoms with E-state index in [1.807, 2.05) is 19.9 Å². The van der Waals surface area contributed by atoms with Crippen LogP contribution in [0.3, 0.4) is 0 Å². The van der Waals surface area contributed by atoms with Gasteiger partial charge in [0.25, 0.3) is 0 Å². The highest BCUT2D eigenvalue weighted by atomic mass is 79.9. The molecule has 3 nitrogen and oxygen atoms in total. The van der Waals surface area contributed by atoms with Crippen LogP contribution in [0.15, 0.2) is 16.6 Å². The standard InChI is InChI=1S/C13H11BrClNO2/c1-6-4-10-8(7(2)11(6)14)5-9(12(15)16-10)13(17)18-3/h4-5H,1-3H3. The molecule has 94 valence electrons. The first-order chi connectivity index (χ1) is 8.45. The van der Waals surface area contributed by atoms with Gasteiger partial charge in [-0.25, -0.2) is 9.78 Å². The lowest BCUT2D eigenvalue weighted by Gasteiger charge is -2.10. The van der Waals surface area contributed by atoms with Crippen molar-refractivity contribution in [2.75, 3.05) is 7.11 Å². The van der Waals surface area contributed by atoms with Gasteiger partial charge in [-0.1, -0.05) is 27.5 Å². The predicted octanol–water partition coefficient (Wildman–Crippen LogP) is 4.05. The number of carbonyl (C=O) groups excluding carboxylic acids is 1. The van der Waals surface area contributed by atoms with Gasteiger partial charge in [0.2, 0.25) is 0 Å². The van der Waals surface area contributed by atoms with Crippen LogP contribution in [0, 0.1) is 13.8 Å². The summed E-state index contributed by atoms with van der Waals surface area (Å²) in [6, 6.07) is 3.65. The Bertz CT molecular complexity index is 655. The molecule has 0 atom stereocenters. The van der Waals surface area contributed by atoms with Crippen LogP contribution in [0.25, 0.3) is 10.9 Å². The fourth-order valence-corrected chi connectivity index (χ4v) is 2.40. The molecule has 1 aromatic heterocycles. The molecule has 0 bridgehead atoms. The van der Waals surface area contributed by atoms with Crippen molar-refractivity contribution in [3.63, 3.8) is 0 Å². The zero-order valence-corrected chi connectivity index (χ0v) is 12.5. The van der Waals surface area contributed by atoms with E-state index in [2.05, 4.69) is 25.7 Å². The monoisotopic (exact) mass is 327 g/mol. The van der Waals surface area contributed by atoms with Crippen LogP contribution < -0.4 is 0 Å². The summed E-state index contributed by atoms with van der Waals surface area (Å²) in [6.07, 6.45) is 0. The molecule has 0 amide bonds. The second-order valence-corrected chi connectivity index (χ2v) is 5.17. The van der Waals surface area contributed by atoms with Crippen molar-refractivity contribution >= 4 is 44.4 Å². The molecule has 0 saturated heterocycles. The molecule has 1 heterocycles. The number of rotatable bonds is 1. The average molecular weight is 329 g/mol. The van der Waals surface area contributed by atoms with Gasteiger partial charge in [0.15, 0.2) is 0 Å². The molecular formula is C13H11BrClNO2. The summed E-state index contributed by atoms with van der Waals surface area (Å²) in [5, 5.41) is 1.05. The summed E-state index contributed by atoms with van der Waals surface area (Å²) in [5.74, 6) is -0.481. The van der Waals surface area contributed by atoms with E-state index < -0.39 is 5.97 Å². The van der Waals surface area contributed by atoms with Gasteiger partial charge in [-0.05, 0) is 37.1 Å². The summed E-state index contributed by atoms with van der Waals surface area (Å²) < 4.78 is 5.69. The number of fused-ring (bicyclic) bond motifs is 1. The summed E-state index contributed by atoms with van der Waals surface area (Å²) in [5.41, 5.74) is 3.16. The topological polar surface area (TPSA) is 39.2 Å². The Hall–Kier alpha value is -1.13. The van der Waals surface area contributed by atoms with E-state index in [0.717, 1.165) is 26.5 Å². The number of esters is 1. The number of aromatic nitrogens is 1. The molecule has 0 fully saturated rings. The summed E-state index contributed by atoms with van der Waals surface area (Å²) in [7, 11) is 1.32. The summed E-state index contributed by atoms with van der Waals surface area (Å²) in [4.78, 5) is 15.8. The fraction of sp³-hybridized carbons (Fsp3) is 0.231. The van der Waals surface area contributed by atoms with Crippen molar-refractivity contribution in [2.45, 2.75) is 13.8 Å². The van der Waals surface area contributed by atoms with E-state index >= 15 is 0 Å². The van der Waals surface area contributed by atoms with E-state index in [1.165, 1.54) is 7.11 Å². The highest BCUT2D eigenvalue weighted by Gasteiger charge is 2.15. The number of aryl methyl sites for hydroxylation is 2. The van der Waals surface area contributed by atoms with Crippen LogP contribution >= 0.6 is 27.5 Å². The van der Waals surface area contributed by atoms with Crippen molar-refractivity contribution in [1.82, 2.24) is 4.98 Å². The number of benzene rings is 1. The van der Waals surface area contributed by atoms with Crippen LogP contribution in [0.5, 0.6) is 0 Å². The number of nitrogens with zero attached hydrogens (tertiary/aromatic N) is 1. The molecule has 0 aliphatic rings. The molecular weight excluding hydrogens is 318 g/mol. The molecule has 0 unspecified atom stereocenters. The fourth-order valence-electron chi connectivity index (χ4n) is 1.85. The third-order valence-electron chi connectivity index (χ3n) is 2.84. The van der Waals surface area contributed by atoms with Crippen molar-refractivity contribution in [1.29, 1.82) is 0 Å². The first-order valence-corrected chi connectivity index (χ1v) is 6.47. The minimum Gasteiger partial charge on any atom is -0.465 e. The molecule has 2 aromatic rings. The van der Waals surface area contributed by atoms with E-state index in [0.29, 0.717) is 0 Å². The van der Waals surface area contributed by atoms with Gasteiger partial charge >= 0.3 is 5.97 Å². The zero-order chi connectivity index (χ0) is 13.4. The molecule has 2 rings (SSSR count). The van der Waals surface area contributed by atoms with Crippen LogP contribution in [0.4, 0.5) is 0 Å². The van der Waals surface area contributed by atoms with Gasteiger partial charge in [-0.2, -0.15) is 0 Å². The van der Waals surface area contributed by atoms with Crippen molar-refractivity contribution < 1.29 is 9.53 Å². The van der Waals surface area contributed by atoms with Crippen LogP contribution in [-0.4, -0.2) is 18.1 Å². The normalized spacial score (nSPS) is 10.7. The zero-order valence-electron chi connectivity index (χ0n) is 10.2. The van der Waals surface area contributed by atoms with Crippen LogP contribution in [0.2, 0.25) is 5.15 Å². The molecule has 0 radical (unpaired) electrons. The lowest BCUT2D eigenvalue weighted by atomic mass is 10.0. The number of hydrogen-bond acceptors (Lipinski definition) is 3. The Morgan fingerprint density at radius 1 is 1.39 bits per heavy atom. The number of hydrogen-bond donors (Lipinski definition) is 0. The third-order valence-corrected chi connectivity index (χ3v) is 4.35. The van der Waals surface area contributed by atoms with Gasteiger partial charge in [0, 0.05) is 9.86 Å². The molecule has 18 heavy (non-hydrogen) atoms. The van der Waals surface area contributed by atoms with Crippen LogP contribution in [0.1, 0.15) is 21.5 Å². The minimum atomic E-state index is -0.481. The van der Waals surface area contributed by atoms with Gasteiger partial charge in [0.1, 0.15) is 5.15 Å². The summed E-state index contributed by atoms with van der Waals surface area (Å²) >= 11 is 9.52. The Labute approximate surface area is 118 Å². The van der Waals surface area contributed by atoms with Crippen molar-refractivity contribution in [3.8, 4) is 0 Å². The highest BCUT2D eigenvalue weighted by molar-refractivity contribution is 9.10. The number of carbonyl (C=O) groups is 1. The van der Waals surface area contributed by atoms with Gasteiger partial charge in [-0.15, -0.1) is 0 Å². The first kappa shape index (κ1) is 13.3. The highest BCUT2D eigenvalue weighted by Crippen LogP contribution is 2.30. The number of halogens is 2. The van der Waals surface area contributed by atoms with Gasteiger partial charge in [0.05, 0.1) is 18.2 Å². The maximum Gasteiger partial charge on any atom is 0.341 e. The van der Waals surface area contributed by atoms with E-state index in [1.54, 1.807) is 6.07 Å².